The topological polar surface area (TPSA) is 92.7 Å². The number of thiazole rings is 1. The third-order valence-electron chi connectivity index (χ3n) is 7.73. The minimum absolute atomic E-state index is 0.0546. The fourth-order valence-corrected chi connectivity index (χ4v) is 6.56. The lowest BCUT2D eigenvalue weighted by Gasteiger charge is -2.20. The van der Waals surface area contributed by atoms with Crippen molar-refractivity contribution in [2.75, 3.05) is 43.1 Å². The molecule has 2 aliphatic heterocycles. The second kappa shape index (κ2) is 13.7. The Bertz CT molecular complexity index is 1470. The predicted octanol–water partition coefficient (Wildman–Crippen LogP) is 6.34. The Morgan fingerprint density at radius 2 is 1.95 bits per heavy atom. The zero-order chi connectivity index (χ0) is 31.4. The molecule has 1 aromatic carbocycles. The van der Waals surface area contributed by atoms with Crippen LogP contribution < -0.4 is 10.2 Å². The maximum Gasteiger partial charge on any atom is 0.416 e. The number of carbonyl (C=O) groups is 1. The first-order valence-corrected chi connectivity index (χ1v) is 15.6. The van der Waals surface area contributed by atoms with E-state index in [4.69, 9.17) is 9.47 Å². The minimum atomic E-state index is -4.69. The molecule has 5 rings (SSSR count). The standard InChI is InChI=1S/C30H36F4N6O3S/c1-4-42-27(41)8-11-43-23-7-10-40(16-23)26-15-25(35-19(3)36-26)37-29-38-28(24(44-29)17-39-9-5-6-18(39)2)20-12-21(30(32,33)34)14-22(31)13-20/h12-15,18,23H,4-11,16-17H2,1-3H3,(H,35,36,37,38)/t18-,23-/m1/s1. The van der Waals surface area contributed by atoms with Gasteiger partial charge in [0.25, 0.3) is 0 Å². The highest BCUT2D eigenvalue weighted by Gasteiger charge is 2.32. The fourth-order valence-electron chi connectivity index (χ4n) is 5.54. The molecule has 3 aromatic rings. The van der Waals surface area contributed by atoms with E-state index >= 15 is 0 Å². The van der Waals surface area contributed by atoms with Gasteiger partial charge in [-0.2, -0.15) is 13.2 Å². The van der Waals surface area contributed by atoms with Gasteiger partial charge in [0, 0.05) is 42.2 Å². The number of esters is 1. The molecule has 9 nitrogen and oxygen atoms in total. The first kappa shape index (κ1) is 32.0. The second-order valence-corrected chi connectivity index (χ2v) is 12.1. The molecule has 14 heteroatoms. The highest BCUT2D eigenvalue weighted by Crippen LogP contribution is 2.38. The average Bonchev–Trinajstić information content (AvgIpc) is 3.69. The lowest BCUT2D eigenvalue weighted by Crippen LogP contribution is -2.25. The Hall–Kier alpha value is -3.36. The quantitative estimate of drug-likeness (QED) is 0.191. The Labute approximate surface area is 257 Å². The van der Waals surface area contributed by atoms with Crippen molar-refractivity contribution < 1.29 is 31.8 Å². The smallest absolute Gasteiger partial charge is 0.416 e. The predicted molar refractivity (Wildman–Crippen MR) is 159 cm³/mol. The van der Waals surface area contributed by atoms with E-state index in [1.54, 1.807) is 19.9 Å². The summed E-state index contributed by atoms with van der Waals surface area (Å²) in [5.74, 6) is 0.448. The zero-order valence-corrected chi connectivity index (χ0v) is 25.7. The van der Waals surface area contributed by atoms with E-state index in [2.05, 4.69) is 37.0 Å². The van der Waals surface area contributed by atoms with E-state index in [0.717, 1.165) is 42.8 Å². The molecule has 2 fully saturated rings. The van der Waals surface area contributed by atoms with Crippen LogP contribution in [0, 0.1) is 12.7 Å². The minimum Gasteiger partial charge on any atom is -0.466 e. The molecule has 0 bridgehead atoms. The Morgan fingerprint density at radius 3 is 2.68 bits per heavy atom. The first-order valence-electron chi connectivity index (χ1n) is 14.7. The molecule has 2 aliphatic rings. The van der Waals surface area contributed by atoms with Gasteiger partial charge in [-0.3, -0.25) is 9.69 Å². The van der Waals surface area contributed by atoms with Gasteiger partial charge in [-0.05, 0) is 64.8 Å². The van der Waals surface area contributed by atoms with Crippen LogP contribution in [0.1, 0.15) is 55.8 Å². The molecule has 0 amide bonds. The van der Waals surface area contributed by atoms with Crippen molar-refractivity contribution in [2.45, 2.75) is 71.3 Å². The number of nitrogens with zero attached hydrogens (tertiary/aromatic N) is 5. The number of halogens is 4. The van der Waals surface area contributed by atoms with Gasteiger partial charge in [0.2, 0.25) is 0 Å². The van der Waals surface area contributed by atoms with Crippen molar-refractivity contribution in [3.8, 4) is 11.3 Å². The lowest BCUT2D eigenvalue weighted by molar-refractivity contribution is -0.144. The number of ether oxygens (including phenoxy) is 2. The van der Waals surface area contributed by atoms with E-state index in [1.807, 2.05) is 0 Å². The number of benzene rings is 1. The van der Waals surface area contributed by atoms with Gasteiger partial charge < -0.3 is 19.7 Å². The molecule has 4 heterocycles. The number of rotatable bonds is 11. The number of likely N-dealkylation sites (tertiary alicyclic amines) is 1. The van der Waals surface area contributed by atoms with E-state index in [9.17, 15) is 22.4 Å². The van der Waals surface area contributed by atoms with Gasteiger partial charge >= 0.3 is 12.1 Å². The summed E-state index contributed by atoms with van der Waals surface area (Å²) in [7, 11) is 0. The molecule has 238 valence electrons. The number of nitrogens with one attached hydrogen (secondary N) is 1. The number of alkyl halides is 3. The second-order valence-electron chi connectivity index (χ2n) is 11.0. The van der Waals surface area contributed by atoms with Crippen LogP contribution in [-0.4, -0.2) is 70.8 Å². The fraction of sp³-hybridized carbons (Fsp3) is 0.533. The Kier molecular flexibility index (Phi) is 10.0. The van der Waals surface area contributed by atoms with E-state index in [1.165, 1.54) is 11.3 Å². The summed E-state index contributed by atoms with van der Waals surface area (Å²) in [6.45, 7) is 8.95. The molecule has 2 atom stereocenters. The van der Waals surface area contributed by atoms with Crippen molar-refractivity contribution >= 4 is 34.1 Å². The van der Waals surface area contributed by atoms with Crippen molar-refractivity contribution in [2.24, 2.45) is 0 Å². The van der Waals surface area contributed by atoms with Gasteiger partial charge in [-0.25, -0.2) is 19.3 Å². The van der Waals surface area contributed by atoms with Gasteiger partial charge in [-0.15, -0.1) is 0 Å². The third-order valence-corrected chi connectivity index (χ3v) is 8.68. The summed E-state index contributed by atoms with van der Waals surface area (Å²) < 4.78 is 65.8. The lowest BCUT2D eigenvalue weighted by atomic mass is 10.1. The van der Waals surface area contributed by atoms with Gasteiger partial charge in [-0.1, -0.05) is 11.3 Å². The summed E-state index contributed by atoms with van der Waals surface area (Å²) in [5, 5.41) is 3.65. The highest BCUT2D eigenvalue weighted by molar-refractivity contribution is 7.16. The molecule has 44 heavy (non-hydrogen) atoms. The summed E-state index contributed by atoms with van der Waals surface area (Å²) >= 11 is 1.32. The number of hydrogen-bond donors (Lipinski definition) is 1. The van der Waals surface area contributed by atoms with Crippen LogP contribution >= 0.6 is 11.3 Å². The average molecular weight is 637 g/mol. The third kappa shape index (κ3) is 8.02. The number of aryl methyl sites for hydroxylation is 1. The number of aromatic nitrogens is 3. The van der Waals surface area contributed by atoms with Crippen molar-refractivity contribution in [1.82, 2.24) is 19.9 Å². The Balaban J connectivity index is 1.35. The maximum atomic E-state index is 14.4. The maximum absolute atomic E-state index is 14.4. The van der Waals surface area contributed by atoms with Crippen LogP contribution in [0.25, 0.3) is 11.3 Å². The molecule has 0 saturated carbocycles. The van der Waals surface area contributed by atoms with Gasteiger partial charge in [0.1, 0.15) is 23.3 Å². The van der Waals surface area contributed by atoms with Crippen LogP contribution in [0.15, 0.2) is 24.3 Å². The molecular formula is C30H36F4N6O3S. The van der Waals surface area contributed by atoms with Gasteiger partial charge in [0.15, 0.2) is 5.13 Å². The van der Waals surface area contributed by atoms with E-state index in [-0.39, 0.29) is 30.7 Å². The summed E-state index contributed by atoms with van der Waals surface area (Å²) in [6, 6.07) is 4.66. The number of hydrogen-bond acceptors (Lipinski definition) is 10. The van der Waals surface area contributed by atoms with Crippen LogP contribution in [0.2, 0.25) is 0 Å². The van der Waals surface area contributed by atoms with Crippen LogP contribution in [0.3, 0.4) is 0 Å². The number of anilines is 3. The van der Waals surface area contributed by atoms with Crippen molar-refractivity contribution in [3.05, 3.63) is 46.3 Å². The zero-order valence-electron chi connectivity index (χ0n) is 24.9. The largest absolute Gasteiger partial charge is 0.466 e. The molecule has 1 N–H and O–H groups in total. The molecule has 0 radical (unpaired) electrons. The summed E-state index contributed by atoms with van der Waals surface area (Å²) in [6.07, 6.45) is -1.69. The van der Waals surface area contributed by atoms with Crippen molar-refractivity contribution in [1.29, 1.82) is 0 Å². The molecule has 2 saturated heterocycles. The van der Waals surface area contributed by atoms with Crippen LogP contribution in [-0.2, 0) is 27.0 Å². The summed E-state index contributed by atoms with van der Waals surface area (Å²) in [5.41, 5.74) is -0.663. The molecule has 0 aliphatic carbocycles. The van der Waals surface area contributed by atoms with E-state index in [0.29, 0.717) is 66.6 Å². The monoisotopic (exact) mass is 636 g/mol. The van der Waals surface area contributed by atoms with Crippen LogP contribution in [0.4, 0.5) is 34.3 Å². The molecular weight excluding hydrogens is 600 g/mol. The van der Waals surface area contributed by atoms with Crippen molar-refractivity contribution in [3.63, 3.8) is 0 Å². The highest BCUT2D eigenvalue weighted by atomic mass is 32.1. The van der Waals surface area contributed by atoms with Gasteiger partial charge in [0.05, 0.1) is 37.0 Å². The number of carbonyl (C=O) groups excluding carboxylic acids is 1. The normalized spacial score (nSPS) is 19.1. The molecule has 0 spiro atoms. The van der Waals surface area contributed by atoms with E-state index < -0.39 is 17.6 Å². The SMILES string of the molecule is CCOC(=O)CCO[C@@H]1CCN(c2cc(Nc3nc(-c4cc(F)cc(C(F)(F)F)c4)c(CN4CCC[C@H]4C)s3)nc(C)n2)C1. The first-order chi connectivity index (χ1) is 21.0. The summed E-state index contributed by atoms with van der Waals surface area (Å²) in [4.78, 5) is 30.4. The van der Waals surface area contributed by atoms with Crippen LogP contribution in [0.5, 0.6) is 0 Å². The molecule has 2 aromatic heterocycles. The molecule has 0 unspecified atom stereocenters. The Morgan fingerprint density at radius 1 is 1.14 bits per heavy atom.